The fourth-order valence-electron chi connectivity index (χ4n) is 2.39. The minimum absolute atomic E-state index is 0.0478. The summed E-state index contributed by atoms with van der Waals surface area (Å²) in [5.41, 5.74) is 0.700. The van der Waals surface area contributed by atoms with Gasteiger partial charge < -0.3 is 14.0 Å². The highest BCUT2D eigenvalue weighted by atomic mass is 35.5. The standard InChI is InChI=1S/C18H16ClN3O6S/c1-26-13-5-3-4-11(8-13)17-21-16(28-22-17)10-20-29(24,25)15-9-12(18(23)27-2)6-7-14(15)19/h3-9,20H,10H2,1-2H3. The number of carbonyl (C=O) groups excluding carboxylic acids is 1. The van der Waals surface area contributed by atoms with Crippen molar-refractivity contribution in [3.05, 3.63) is 58.9 Å². The topological polar surface area (TPSA) is 121 Å². The molecular weight excluding hydrogens is 422 g/mol. The van der Waals surface area contributed by atoms with Gasteiger partial charge in [0, 0.05) is 5.56 Å². The average molecular weight is 438 g/mol. The third-order valence-electron chi connectivity index (χ3n) is 3.85. The van der Waals surface area contributed by atoms with E-state index < -0.39 is 16.0 Å². The number of rotatable bonds is 7. The van der Waals surface area contributed by atoms with Crippen molar-refractivity contribution in [2.75, 3.05) is 14.2 Å². The van der Waals surface area contributed by atoms with Crippen molar-refractivity contribution < 1.29 is 27.2 Å². The molecule has 1 aromatic heterocycles. The molecule has 2 aromatic carbocycles. The van der Waals surface area contributed by atoms with Crippen molar-refractivity contribution in [3.8, 4) is 17.1 Å². The van der Waals surface area contributed by atoms with E-state index in [9.17, 15) is 13.2 Å². The molecule has 0 atom stereocenters. The van der Waals surface area contributed by atoms with E-state index in [0.717, 1.165) is 6.07 Å². The summed E-state index contributed by atoms with van der Waals surface area (Å²) in [5.74, 6) is 0.267. The first-order valence-electron chi connectivity index (χ1n) is 8.18. The molecule has 0 aliphatic carbocycles. The van der Waals surface area contributed by atoms with Crippen LogP contribution in [0.2, 0.25) is 5.02 Å². The van der Waals surface area contributed by atoms with Gasteiger partial charge in [0.05, 0.1) is 31.4 Å². The Bertz CT molecular complexity index is 1150. The zero-order valence-corrected chi connectivity index (χ0v) is 17.0. The van der Waals surface area contributed by atoms with Crippen LogP contribution in [0.3, 0.4) is 0 Å². The van der Waals surface area contributed by atoms with Crippen LogP contribution in [-0.4, -0.2) is 38.7 Å². The number of carbonyl (C=O) groups is 1. The number of ether oxygens (including phenoxy) is 2. The van der Waals surface area contributed by atoms with E-state index in [0.29, 0.717) is 11.3 Å². The summed E-state index contributed by atoms with van der Waals surface area (Å²) in [7, 11) is -1.33. The van der Waals surface area contributed by atoms with E-state index in [1.807, 2.05) is 0 Å². The highest BCUT2D eigenvalue weighted by Gasteiger charge is 2.21. The molecule has 0 amide bonds. The van der Waals surface area contributed by atoms with E-state index in [4.69, 9.17) is 20.9 Å². The van der Waals surface area contributed by atoms with Crippen molar-refractivity contribution >= 4 is 27.6 Å². The van der Waals surface area contributed by atoms with Gasteiger partial charge in [-0.05, 0) is 30.3 Å². The van der Waals surface area contributed by atoms with E-state index in [1.165, 1.54) is 26.4 Å². The molecule has 0 bridgehead atoms. The Balaban J connectivity index is 1.78. The SMILES string of the molecule is COC(=O)c1ccc(Cl)c(S(=O)(=O)NCc2nc(-c3cccc(OC)c3)no2)c1. The lowest BCUT2D eigenvalue weighted by atomic mass is 10.2. The first-order valence-corrected chi connectivity index (χ1v) is 10.0. The second-order valence-electron chi connectivity index (χ2n) is 5.71. The summed E-state index contributed by atoms with van der Waals surface area (Å²) in [6.45, 7) is -0.266. The number of sulfonamides is 1. The molecule has 1 N–H and O–H groups in total. The second kappa shape index (κ2) is 8.60. The van der Waals surface area contributed by atoms with Crippen LogP contribution in [0.4, 0.5) is 0 Å². The number of esters is 1. The maximum absolute atomic E-state index is 12.6. The first-order chi connectivity index (χ1) is 13.8. The third-order valence-corrected chi connectivity index (χ3v) is 5.73. The second-order valence-corrected chi connectivity index (χ2v) is 7.85. The molecule has 11 heteroatoms. The fourth-order valence-corrected chi connectivity index (χ4v) is 3.89. The Morgan fingerprint density at radius 1 is 1.21 bits per heavy atom. The molecule has 0 saturated carbocycles. The summed E-state index contributed by atoms with van der Waals surface area (Å²) in [6, 6.07) is 10.8. The number of benzene rings is 2. The van der Waals surface area contributed by atoms with Crippen LogP contribution < -0.4 is 9.46 Å². The van der Waals surface area contributed by atoms with Crippen molar-refractivity contribution in [1.29, 1.82) is 0 Å². The smallest absolute Gasteiger partial charge is 0.337 e. The molecule has 0 saturated heterocycles. The molecule has 0 aliphatic heterocycles. The highest BCUT2D eigenvalue weighted by molar-refractivity contribution is 7.89. The van der Waals surface area contributed by atoms with Gasteiger partial charge in [-0.1, -0.05) is 28.9 Å². The number of halogens is 1. The van der Waals surface area contributed by atoms with Crippen molar-refractivity contribution in [2.45, 2.75) is 11.4 Å². The first kappa shape index (κ1) is 20.8. The largest absolute Gasteiger partial charge is 0.497 e. The lowest BCUT2D eigenvalue weighted by Crippen LogP contribution is -2.24. The zero-order valence-electron chi connectivity index (χ0n) is 15.4. The van der Waals surface area contributed by atoms with Crippen LogP contribution in [0.5, 0.6) is 5.75 Å². The number of aromatic nitrogens is 2. The van der Waals surface area contributed by atoms with E-state index in [2.05, 4.69) is 19.6 Å². The van der Waals surface area contributed by atoms with Gasteiger partial charge in [0.25, 0.3) is 0 Å². The van der Waals surface area contributed by atoms with Gasteiger partial charge in [0.2, 0.25) is 21.7 Å². The number of hydrogen-bond acceptors (Lipinski definition) is 8. The molecule has 152 valence electrons. The molecule has 9 nitrogen and oxygen atoms in total. The summed E-state index contributed by atoms with van der Waals surface area (Å²) in [6.07, 6.45) is 0. The van der Waals surface area contributed by atoms with E-state index in [1.54, 1.807) is 24.3 Å². The van der Waals surface area contributed by atoms with Gasteiger partial charge in [-0.2, -0.15) is 4.98 Å². The van der Waals surface area contributed by atoms with Gasteiger partial charge in [-0.3, -0.25) is 0 Å². The third kappa shape index (κ3) is 4.73. The Morgan fingerprint density at radius 2 is 2.00 bits per heavy atom. The molecule has 0 radical (unpaired) electrons. The Labute approximate surface area is 171 Å². The van der Waals surface area contributed by atoms with Crippen LogP contribution in [-0.2, 0) is 21.3 Å². The van der Waals surface area contributed by atoms with E-state index >= 15 is 0 Å². The molecule has 3 aromatic rings. The predicted octanol–water partition coefficient (Wildman–Crippen LogP) is 2.66. The Kier molecular flexibility index (Phi) is 6.16. The highest BCUT2D eigenvalue weighted by Crippen LogP contribution is 2.24. The van der Waals surface area contributed by atoms with Crippen LogP contribution in [0.1, 0.15) is 16.2 Å². The van der Waals surface area contributed by atoms with E-state index in [-0.39, 0.29) is 33.7 Å². The lowest BCUT2D eigenvalue weighted by Gasteiger charge is -2.08. The molecule has 0 aliphatic rings. The number of hydrogen-bond donors (Lipinski definition) is 1. The summed E-state index contributed by atoms with van der Waals surface area (Å²) < 4.78 is 42.3. The normalized spacial score (nSPS) is 11.3. The van der Waals surface area contributed by atoms with Crippen LogP contribution in [0.15, 0.2) is 51.9 Å². The van der Waals surface area contributed by atoms with Crippen LogP contribution in [0, 0.1) is 0 Å². The van der Waals surface area contributed by atoms with Crippen molar-refractivity contribution in [1.82, 2.24) is 14.9 Å². The Hall–Kier alpha value is -2.95. The predicted molar refractivity (Wildman–Crippen MR) is 103 cm³/mol. The summed E-state index contributed by atoms with van der Waals surface area (Å²) in [4.78, 5) is 15.5. The molecule has 0 unspecified atom stereocenters. The molecule has 1 heterocycles. The van der Waals surface area contributed by atoms with Crippen LogP contribution >= 0.6 is 11.6 Å². The monoisotopic (exact) mass is 437 g/mol. The lowest BCUT2D eigenvalue weighted by molar-refractivity contribution is 0.0600. The van der Waals surface area contributed by atoms with Crippen LogP contribution in [0.25, 0.3) is 11.4 Å². The molecule has 0 spiro atoms. The number of nitrogens with one attached hydrogen (secondary N) is 1. The van der Waals surface area contributed by atoms with Gasteiger partial charge in [-0.25, -0.2) is 17.9 Å². The average Bonchev–Trinajstić information content (AvgIpc) is 3.21. The van der Waals surface area contributed by atoms with Gasteiger partial charge in [0.15, 0.2) is 0 Å². The van der Waals surface area contributed by atoms with Gasteiger partial charge in [-0.15, -0.1) is 0 Å². The van der Waals surface area contributed by atoms with Crippen molar-refractivity contribution in [2.24, 2.45) is 0 Å². The summed E-state index contributed by atoms with van der Waals surface area (Å²) >= 11 is 5.99. The van der Waals surface area contributed by atoms with Gasteiger partial charge >= 0.3 is 5.97 Å². The molecular formula is C18H16ClN3O6S. The molecule has 0 fully saturated rings. The Morgan fingerprint density at radius 3 is 2.72 bits per heavy atom. The number of nitrogens with zero attached hydrogens (tertiary/aromatic N) is 2. The quantitative estimate of drug-likeness (QED) is 0.560. The maximum atomic E-state index is 12.6. The minimum atomic E-state index is -4.06. The van der Waals surface area contributed by atoms with Crippen molar-refractivity contribution in [3.63, 3.8) is 0 Å². The fraction of sp³-hybridized carbons (Fsp3) is 0.167. The molecule has 3 rings (SSSR count). The number of methoxy groups -OCH3 is 2. The minimum Gasteiger partial charge on any atom is -0.497 e. The summed E-state index contributed by atoms with van der Waals surface area (Å²) in [5, 5.41) is 3.79. The maximum Gasteiger partial charge on any atom is 0.337 e. The molecule has 29 heavy (non-hydrogen) atoms. The van der Waals surface area contributed by atoms with Gasteiger partial charge in [0.1, 0.15) is 10.6 Å². The zero-order chi connectivity index (χ0) is 21.0.